The Kier molecular flexibility index (Phi) is 6.34. The third kappa shape index (κ3) is 5.01. The lowest BCUT2D eigenvalue weighted by molar-refractivity contribution is -0.133. The molecular formula is C19H22ClN3O4. The van der Waals surface area contributed by atoms with E-state index in [-0.39, 0.29) is 18.0 Å². The number of nitrogens with zero attached hydrogens (tertiary/aromatic N) is 3. The van der Waals surface area contributed by atoms with Gasteiger partial charge < -0.3 is 19.1 Å². The number of likely N-dealkylation sites (tertiary alicyclic amines) is 1. The predicted molar refractivity (Wildman–Crippen MR) is 101 cm³/mol. The Bertz CT molecular complexity index is 785. The summed E-state index contributed by atoms with van der Waals surface area (Å²) in [7, 11) is 3.16. The highest BCUT2D eigenvalue weighted by molar-refractivity contribution is 6.30. The van der Waals surface area contributed by atoms with Crippen LogP contribution in [0, 0.1) is 0 Å². The number of piperidine rings is 1. The van der Waals surface area contributed by atoms with Gasteiger partial charge in [-0.25, -0.2) is 9.97 Å². The second-order valence-corrected chi connectivity index (χ2v) is 6.71. The molecule has 1 fully saturated rings. The second kappa shape index (κ2) is 8.90. The van der Waals surface area contributed by atoms with Gasteiger partial charge in [0, 0.05) is 6.54 Å². The normalized spacial score (nSPS) is 16.7. The highest BCUT2D eigenvalue weighted by atomic mass is 35.5. The van der Waals surface area contributed by atoms with Gasteiger partial charge in [-0.05, 0) is 30.5 Å². The molecule has 1 atom stereocenters. The number of benzene rings is 1. The van der Waals surface area contributed by atoms with Gasteiger partial charge in [0.25, 0.3) is 0 Å². The number of ether oxygens (including phenoxy) is 3. The molecule has 7 nitrogen and oxygen atoms in total. The largest absolute Gasteiger partial charge is 0.493 e. The Hall–Kier alpha value is -2.54. The van der Waals surface area contributed by atoms with E-state index in [4.69, 9.17) is 25.8 Å². The van der Waals surface area contributed by atoms with Gasteiger partial charge >= 0.3 is 6.01 Å². The summed E-state index contributed by atoms with van der Waals surface area (Å²) < 4.78 is 16.3. The van der Waals surface area contributed by atoms with Gasteiger partial charge in [-0.3, -0.25) is 4.79 Å². The molecule has 0 saturated carbocycles. The fraction of sp³-hybridized carbons (Fsp3) is 0.421. The minimum Gasteiger partial charge on any atom is -0.493 e. The van der Waals surface area contributed by atoms with Gasteiger partial charge in [0.15, 0.2) is 11.5 Å². The van der Waals surface area contributed by atoms with Crippen molar-refractivity contribution < 1.29 is 19.0 Å². The van der Waals surface area contributed by atoms with Crippen LogP contribution in [0.5, 0.6) is 17.5 Å². The van der Waals surface area contributed by atoms with Gasteiger partial charge in [-0.2, -0.15) is 0 Å². The highest BCUT2D eigenvalue weighted by Gasteiger charge is 2.25. The molecule has 1 saturated heterocycles. The number of carbonyl (C=O) groups is 1. The molecule has 144 valence electrons. The summed E-state index contributed by atoms with van der Waals surface area (Å²) in [6.45, 7) is 1.23. The molecule has 1 aliphatic heterocycles. The standard InChI is InChI=1S/C19H22ClN3O4/c1-25-16-6-5-13(8-17(16)26-2)9-18(24)23-7-3-4-15(12-23)27-19-21-10-14(20)11-22-19/h5-6,8,10-11,15H,3-4,7,9,12H2,1-2H3. The third-order valence-corrected chi connectivity index (χ3v) is 4.60. The number of carbonyl (C=O) groups excluding carboxylic acids is 1. The summed E-state index contributed by atoms with van der Waals surface area (Å²) in [5.74, 6) is 1.30. The Balaban J connectivity index is 1.60. The quantitative estimate of drug-likeness (QED) is 0.753. The van der Waals surface area contributed by atoms with E-state index in [1.807, 2.05) is 17.0 Å². The van der Waals surface area contributed by atoms with E-state index in [1.165, 1.54) is 12.4 Å². The van der Waals surface area contributed by atoms with Crippen molar-refractivity contribution in [2.24, 2.45) is 0 Å². The van der Waals surface area contributed by atoms with Crippen LogP contribution in [0.15, 0.2) is 30.6 Å². The summed E-state index contributed by atoms with van der Waals surface area (Å²) in [6.07, 6.45) is 4.88. The summed E-state index contributed by atoms with van der Waals surface area (Å²) in [6, 6.07) is 5.79. The maximum Gasteiger partial charge on any atom is 0.316 e. The molecule has 0 bridgehead atoms. The van der Waals surface area contributed by atoms with E-state index in [1.54, 1.807) is 20.3 Å². The zero-order valence-corrected chi connectivity index (χ0v) is 16.1. The number of halogens is 1. The second-order valence-electron chi connectivity index (χ2n) is 6.27. The summed E-state index contributed by atoms with van der Waals surface area (Å²) in [5.41, 5.74) is 0.877. The van der Waals surface area contributed by atoms with Crippen LogP contribution in [0.1, 0.15) is 18.4 Å². The Morgan fingerprint density at radius 3 is 2.67 bits per heavy atom. The lowest BCUT2D eigenvalue weighted by Gasteiger charge is -2.32. The monoisotopic (exact) mass is 391 g/mol. The fourth-order valence-electron chi connectivity index (χ4n) is 3.05. The molecule has 1 aliphatic rings. The zero-order valence-electron chi connectivity index (χ0n) is 15.4. The molecule has 1 unspecified atom stereocenters. The summed E-state index contributed by atoms with van der Waals surface area (Å²) in [5, 5.41) is 0.456. The van der Waals surface area contributed by atoms with Crippen molar-refractivity contribution in [2.45, 2.75) is 25.4 Å². The first-order valence-electron chi connectivity index (χ1n) is 8.72. The van der Waals surface area contributed by atoms with Crippen molar-refractivity contribution >= 4 is 17.5 Å². The van der Waals surface area contributed by atoms with Crippen molar-refractivity contribution in [1.82, 2.24) is 14.9 Å². The van der Waals surface area contributed by atoms with E-state index in [0.29, 0.717) is 36.0 Å². The lowest BCUT2D eigenvalue weighted by atomic mass is 10.1. The van der Waals surface area contributed by atoms with Gasteiger partial charge in [0.2, 0.25) is 5.91 Å². The summed E-state index contributed by atoms with van der Waals surface area (Å²) >= 11 is 5.79. The first-order valence-corrected chi connectivity index (χ1v) is 9.09. The fourth-order valence-corrected chi connectivity index (χ4v) is 3.15. The van der Waals surface area contributed by atoms with Crippen LogP contribution >= 0.6 is 11.6 Å². The van der Waals surface area contributed by atoms with E-state index in [0.717, 1.165) is 18.4 Å². The van der Waals surface area contributed by atoms with Crippen molar-refractivity contribution in [1.29, 1.82) is 0 Å². The van der Waals surface area contributed by atoms with Gasteiger partial charge in [-0.1, -0.05) is 17.7 Å². The van der Waals surface area contributed by atoms with E-state index in [9.17, 15) is 4.79 Å². The maximum absolute atomic E-state index is 12.7. The lowest BCUT2D eigenvalue weighted by Crippen LogP contribution is -2.45. The zero-order chi connectivity index (χ0) is 19.2. The van der Waals surface area contributed by atoms with Crippen LogP contribution in [0.25, 0.3) is 0 Å². The molecule has 1 amide bonds. The van der Waals surface area contributed by atoms with Crippen LogP contribution in [-0.2, 0) is 11.2 Å². The topological polar surface area (TPSA) is 73.8 Å². The number of aromatic nitrogens is 2. The van der Waals surface area contributed by atoms with Gasteiger partial charge in [0.1, 0.15) is 6.10 Å². The van der Waals surface area contributed by atoms with Crippen LogP contribution in [0.3, 0.4) is 0 Å². The average Bonchev–Trinajstić information content (AvgIpc) is 2.70. The van der Waals surface area contributed by atoms with Crippen molar-refractivity contribution in [3.05, 3.63) is 41.2 Å². The number of methoxy groups -OCH3 is 2. The van der Waals surface area contributed by atoms with Crippen LogP contribution in [0.2, 0.25) is 5.02 Å². The molecule has 0 spiro atoms. The average molecular weight is 392 g/mol. The molecule has 0 N–H and O–H groups in total. The first-order chi connectivity index (χ1) is 13.1. The smallest absolute Gasteiger partial charge is 0.316 e. The van der Waals surface area contributed by atoms with Gasteiger partial charge in [0.05, 0.1) is 44.6 Å². The first kappa shape index (κ1) is 19.2. The molecule has 2 aromatic rings. The van der Waals surface area contributed by atoms with Crippen molar-refractivity contribution in [3.63, 3.8) is 0 Å². The molecule has 3 rings (SSSR count). The van der Waals surface area contributed by atoms with Gasteiger partial charge in [-0.15, -0.1) is 0 Å². The predicted octanol–water partition coefficient (Wildman–Crippen LogP) is 2.76. The molecule has 1 aromatic carbocycles. The molecule has 27 heavy (non-hydrogen) atoms. The number of rotatable bonds is 6. The maximum atomic E-state index is 12.7. The number of hydrogen-bond acceptors (Lipinski definition) is 6. The molecule has 0 aliphatic carbocycles. The molecule has 2 heterocycles. The van der Waals surface area contributed by atoms with Crippen LogP contribution < -0.4 is 14.2 Å². The van der Waals surface area contributed by atoms with E-state index >= 15 is 0 Å². The molecular weight excluding hydrogens is 370 g/mol. The number of amides is 1. The minimum absolute atomic E-state index is 0.0487. The highest BCUT2D eigenvalue weighted by Crippen LogP contribution is 2.28. The molecule has 0 radical (unpaired) electrons. The van der Waals surface area contributed by atoms with Crippen molar-refractivity contribution in [3.8, 4) is 17.5 Å². The third-order valence-electron chi connectivity index (χ3n) is 4.40. The Morgan fingerprint density at radius 1 is 1.22 bits per heavy atom. The van der Waals surface area contributed by atoms with E-state index in [2.05, 4.69) is 9.97 Å². The summed E-state index contributed by atoms with van der Waals surface area (Å²) in [4.78, 5) is 22.6. The number of hydrogen-bond donors (Lipinski definition) is 0. The SMILES string of the molecule is COc1ccc(CC(=O)N2CCCC(Oc3ncc(Cl)cn3)C2)cc1OC. The Morgan fingerprint density at radius 2 is 1.96 bits per heavy atom. The molecule has 1 aromatic heterocycles. The van der Waals surface area contributed by atoms with E-state index < -0.39 is 0 Å². The van der Waals surface area contributed by atoms with Crippen molar-refractivity contribution in [2.75, 3.05) is 27.3 Å². The van der Waals surface area contributed by atoms with Crippen LogP contribution in [0.4, 0.5) is 0 Å². The Labute approximate surface area is 163 Å². The minimum atomic E-state index is -0.130. The van der Waals surface area contributed by atoms with Crippen LogP contribution in [-0.4, -0.2) is 54.2 Å². The molecule has 8 heteroatoms.